The first-order chi connectivity index (χ1) is 10.7. The molecule has 0 spiro atoms. The molecule has 4 radical (unpaired) electrons. The van der Waals surface area contributed by atoms with Crippen LogP contribution in [0, 0.1) is 0 Å². The Morgan fingerprint density at radius 2 is 0.913 bits per heavy atom. The van der Waals surface area contributed by atoms with E-state index in [2.05, 4.69) is 0 Å². The molecule has 23 heavy (non-hydrogen) atoms. The van der Waals surface area contributed by atoms with E-state index >= 15 is 0 Å². The molecule has 0 aromatic rings. The zero-order valence-corrected chi connectivity index (χ0v) is 15.5. The van der Waals surface area contributed by atoms with E-state index in [1.54, 1.807) is 0 Å². The quantitative estimate of drug-likeness (QED) is 0.240. The fourth-order valence-corrected chi connectivity index (χ4v) is 4.09. The minimum absolute atomic E-state index is 0.380. The van der Waals surface area contributed by atoms with Gasteiger partial charge < -0.3 is 18.9 Å². The van der Waals surface area contributed by atoms with Gasteiger partial charge in [-0.1, -0.05) is 5.67 Å². The van der Waals surface area contributed by atoms with Gasteiger partial charge in [-0.15, -0.1) is 0 Å². The third kappa shape index (κ3) is 13.7. The molecule has 128 valence electrons. The van der Waals surface area contributed by atoms with Crippen LogP contribution in [0.3, 0.4) is 0 Å². The minimum atomic E-state index is -0.883. The molecular formula is C13H20O8Si2. The summed E-state index contributed by atoms with van der Waals surface area (Å²) in [4.78, 5) is 43.7. The summed E-state index contributed by atoms with van der Waals surface area (Å²) >= 11 is 0. The molecule has 0 aliphatic rings. The third-order valence-electron chi connectivity index (χ3n) is 2.06. The normalized spacial score (nSPS) is 10.3. The average Bonchev–Trinajstić information content (AvgIpc) is 2.34. The van der Waals surface area contributed by atoms with Gasteiger partial charge in [-0.2, -0.15) is 0 Å². The van der Waals surface area contributed by atoms with Crippen LogP contribution in [0.5, 0.6) is 0 Å². The predicted molar refractivity (Wildman–Crippen MR) is 80.6 cm³/mol. The Morgan fingerprint density at radius 1 is 0.652 bits per heavy atom. The molecule has 0 saturated heterocycles. The smallest absolute Gasteiger partial charge is 0.305 e. The second kappa shape index (κ2) is 11.8. The van der Waals surface area contributed by atoms with E-state index in [1.165, 1.54) is 27.7 Å². The standard InChI is InChI=1S/C13H20O8Si2/c1-8(14)18-12(19-9(2)15)5-22-7-23-6-13(20-10(3)16)21-11(4)17/h12-13H,5-7H2,1-4H3. The zero-order chi connectivity index (χ0) is 17.8. The van der Waals surface area contributed by atoms with Gasteiger partial charge in [0.1, 0.15) is 0 Å². The van der Waals surface area contributed by atoms with Crippen molar-refractivity contribution in [3.05, 3.63) is 0 Å². The molecule has 0 amide bonds. The van der Waals surface area contributed by atoms with Crippen LogP contribution in [0.2, 0.25) is 17.8 Å². The summed E-state index contributed by atoms with van der Waals surface area (Å²) in [5.74, 6) is -2.08. The first-order valence-electron chi connectivity index (χ1n) is 6.81. The van der Waals surface area contributed by atoms with Crippen LogP contribution in [0.1, 0.15) is 27.7 Å². The van der Waals surface area contributed by atoms with Gasteiger partial charge in [0.2, 0.25) is 12.6 Å². The van der Waals surface area contributed by atoms with Crippen molar-refractivity contribution in [1.29, 1.82) is 0 Å². The molecule has 0 aromatic heterocycles. The number of rotatable bonds is 10. The van der Waals surface area contributed by atoms with E-state index < -0.39 is 36.5 Å². The zero-order valence-electron chi connectivity index (χ0n) is 13.5. The monoisotopic (exact) mass is 360 g/mol. The lowest BCUT2D eigenvalue weighted by Crippen LogP contribution is -2.25. The van der Waals surface area contributed by atoms with Gasteiger partial charge in [-0.05, 0) is 0 Å². The highest BCUT2D eigenvalue weighted by Gasteiger charge is 2.17. The van der Waals surface area contributed by atoms with Crippen LogP contribution in [-0.2, 0) is 38.1 Å². The van der Waals surface area contributed by atoms with Crippen LogP contribution >= 0.6 is 0 Å². The lowest BCUT2D eigenvalue weighted by atomic mass is 10.7. The van der Waals surface area contributed by atoms with Gasteiger partial charge in [0.25, 0.3) is 0 Å². The van der Waals surface area contributed by atoms with Crippen molar-refractivity contribution in [2.75, 3.05) is 0 Å². The molecule has 0 aliphatic carbocycles. The first-order valence-corrected chi connectivity index (χ1v) is 9.63. The molecule has 8 nitrogen and oxygen atoms in total. The van der Waals surface area contributed by atoms with E-state index in [0.717, 1.165) is 5.67 Å². The Balaban J connectivity index is 4.09. The number of ether oxygens (including phenoxy) is 4. The Labute approximate surface area is 139 Å². The van der Waals surface area contributed by atoms with Crippen LogP contribution in [0.25, 0.3) is 0 Å². The maximum Gasteiger partial charge on any atom is 0.305 e. The lowest BCUT2D eigenvalue weighted by molar-refractivity contribution is -0.183. The Kier molecular flexibility index (Phi) is 11.0. The Hall–Kier alpha value is -1.69. The van der Waals surface area contributed by atoms with Gasteiger partial charge in [-0.3, -0.25) is 19.2 Å². The highest BCUT2D eigenvalue weighted by molar-refractivity contribution is 6.56. The molecule has 0 N–H and O–H groups in total. The number of hydrogen-bond acceptors (Lipinski definition) is 8. The highest BCUT2D eigenvalue weighted by atomic mass is 28.3. The number of carbonyl (C=O) groups excluding carboxylic acids is 4. The van der Waals surface area contributed by atoms with Crippen LogP contribution in [0.4, 0.5) is 0 Å². The summed E-state index contributed by atoms with van der Waals surface area (Å²) in [6.45, 7) is 4.96. The molecule has 0 rings (SSSR count). The van der Waals surface area contributed by atoms with E-state index in [-0.39, 0.29) is 0 Å². The van der Waals surface area contributed by atoms with Crippen LogP contribution in [-0.4, -0.2) is 55.5 Å². The molecule has 0 bridgehead atoms. The van der Waals surface area contributed by atoms with Crippen molar-refractivity contribution in [3.63, 3.8) is 0 Å². The molecule has 0 heterocycles. The maximum absolute atomic E-state index is 10.9. The number of carbonyl (C=O) groups is 4. The van der Waals surface area contributed by atoms with Crippen LogP contribution in [0.15, 0.2) is 0 Å². The third-order valence-corrected chi connectivity index (χ3v) is 5.31. The van der Waals surface area contributed by atoms with Crippen molar-refractivity contribution in [3.8, 4) is 0 Å². The van der Waals surface area contributed by atoms with Crippen molar-refractivity contribution in [1.82, 2.24) is 0 Å². The van der Waals surface area contributed by atoms with Crippen molar-refractivity contribution in [2.24, 2.45) is 0 Å². The van der Waals surface area contributed by atoms with E-state index in [1.807, 2.05) is 0 Å². The van der Waals surface area contributed by atoms with E-state index in [0.29, 0.717) is 31.1 Å². The van der Waals surface area contributed by atoms with Gasteiger partial charge in [0, 0.05) is 58.8 Å². The van der Waals surface area contributed by atoms with Crippen molar-refractivity contribution in [2.45, 2.75) is 58.0 Å². The predicted octanol–water partition coefficient (Wildman–Crippen LogP) is 0.512. The SMILES string of the molecule is CC(=O)OC(C[Si]C[Si]CC(OC(C)=O)OC(C)=O)OC(C)=O. The van der Waals surface area contributed by atoms with Gasteiger partial charge in [0.05, 0.1) is 0 Å². The molecule has 0 atom stereocenters. The number of esters is 4. The first kappa shape index (κ1) is 21.3. The molecule has 0 saturated carbocycles. The molecular weight excluding hydrogens is 340 g/mol. The summed E-state index contributed by atoms with van der Waals surface area (Å²) in [6, 6.07) is 0.802. The summed E-state index contributed by atoms with van der Waals surface area (Å²) in [5.41, 5.74) is 0.748. The average molecular weight is 360 g/mol. The molecule has 0 fully saturated rings. The fourth-order valence-electron chi connectivity index (χ4n) is 1.42. The lowest BCUT2D eigenvalue weighted by Gasteiger charge is -2.17. The fraction of sp³-hybridized carbons (Fsp3) is 0.692. The van der Waals surface area contributed by atoms with Crippen molar-refractivity contribution < 1.29 is 38.1 Å². The summed E-state index contributed by atoms with van der Waals surface area (Å²) in [5, 5.41) is 0. The summed E-state index contributed by atoms with van der Waals surface area (Å²) in [7, 11) is 0.760. The molecule has 0 unspecified atom stereocenters. The largest absolute Gasteiger partial charge is 0.426 e. The van der Waals surface area contributed by atoms with E-state index in [9.17, 15) is 19.2 Å². The second-order valence-corrected chi connectivity index (χ2v) is 7.61. The minimum Gasteiger partial charge on any atom is -0.426 e. The van der Waals surface area contributed by atoms with Gasteiger partial charge in [-0.25, -0.2) is 0 Å². The van der Waals surface area contributed by atoms with Gasteiger partial charge >= 0.3 is 23.9 Å². The highest BCUT2D eigenvalue weighted by Crippen LogP contribution is 2.07. The summed E-state index contributed by atoms with van der Waals surface area (Å²) in [6.07, 6.45) is -1.77. The second-order valence-electron chi connectivity index (χ2n) is 4.38. The van der Waals surface area contributed by atoms with Crippen LogP contribution < -0.4 is 0 Å². The molecule has 10 heteroatoms. The molecule has 0 aliphatic heterocycles. The van der Waals surface area contributed by atoms with Crippen molar-refractivity contribution >= 4 is 42.9 Å². The van der Waals surface area contributed by atoms with Gasteiger partial charge in [0.15, 0.2) is 0 Å². The van der Waals surface area contributed by atoms with E-state index in [4.69, 9.17) is 18.9 Å². The molecule has 0 aromatic carbocycles. The Bertz CT molecular complexity index is 356. The Morgan fingerprint density at radius 3 is 1.13 bits per heavy atom. The maximum atomic E-state index is 10.9. The summed E-state index contributed by atoms with van der Waals surface area (Å²) < 4.78 is 19.5. The topological polar surface area (TPSA) is 105 Å². The number of hydrogen-bond donors (Lipinski definition) is 0.